The molecule has 0 atom stereocenters. The van der Waals surface area contributed by atoms with Crippen LogP contribution in [0.5, 0.6) is 0 Å². The lowest BCUT2D eigenvalue weighted by Crippen LogP contribution is -2.12. The second-order valence-corrected chi connectivity index (χ2v) is 7.24. The number of anilines is 1. The van der Waals surface area contributed by atoms with Gasteiger partial charge in [-0.05, 0) is 54.1 Å². The van der Waals surface area contributed by atoms with E-state index >= 15 is 0 Å². The molecule has 0 aromatic heterocycles. The van der Waals surface area contributed by atoms with Crippen LogP contribution in [0.4, 0.5) is 5.69 Å². The Labute approximate surface area is 134 Å². The van der Waals surface area contributed by atoms with Gasteiger partial charge in [0.2, 0.25) is 0 Å². The van der Waals surface area contributed by atoms with Crippen LogP contribution in [0.3, 0.4) is 0 Å². The summed E-state index contributed by atoms with van der Waals surface area (Å²) < 4.78 is 27.3. The van der Waals surface area contributed by atoms with E-state index in [0.717, 1.165) is 16.3 Å². The normalized spacial score (nSPS) is 11.5. The largest absolute Gasteiger partial charge is 0.280 e. The molecule has 3 aromatic rings. The fourth-order valence-corrected chi connectivity index (χ4v) is 3.44. The number of rotatable bonds is 3. The molecule has 3 rings (SSSR count). The first kappa shape index (κ1) is 14.9. The zero-order valence-electron chi connectivity index (χ0n) is 11.9. The Balaban J connectivity index is 1.95. The SMILES string of the molecule is Cc1ccc(S(=O)(=O)Nc2ccc3cc(Cl)ccc3c2)cc1. The van der Waals surface area contributed by atoms with Gasteiger partial charge in [0.25, 0.3) is 10.0 Å². The van der Waals surface area contributed by atoms with E-state index in [1.54, 1.807) is 42.5 Å². The number of nitrogens with one attached hydrogen (secondary N) is 1. The maximum Gasteiger partial charge on any atom is 0.261 e. The first-order valence-corrected chi connectivity index (χ1v) is 8.59. The lowest BCUT2D eigenvalue weighted by Gasteiger charge is -2.09. The van der Waals surface area contributed by atoms with Crippen LogP contribution in [0.1, 0.15) is 5.56 Å². The number of aryl methyl sites for hydroxylation is 1. The minimum absolute atomic E-state index is 0.245. The second kappa shape index (κ2) is 5.63. The summed E-state index contributed by atoms with van der Waals surface area (Å²) in [6.45, 7) is 1.91. The van der Waals surface area contributed by atoms with Crippen molar-refractivity contribution in [2.75, 3.05) is 4.72 Å². The maximum atomic E-state index is 12.4. The van der Waals surface area contributed by atoms with Gasteiger partial charge in [0, 0.05) is 10.7 Å². The third-order valence-electron chi connectivity index (χ3n) is 3.39. The highest BCUT2D eigenvalue weighted by atomic mass is 35.5. The predicted octanol–water partition coefficient (Wildman–Crippen LogP) is 4.60. The van der Waals surface area contributed by atoms with E-state index in [1.807, 2.05) is 25.1 Å². The van der Waals surface area contributed by atoms with E-state index in [1.165, 1.54) is 0 Å². The minimum Gasteiger partial charge on any atom is -0.280 e. The van der Waals surface area contributed by atoms with Crippen LogP contribution in [0.15, 0.2) is 65.6 Å². The van der Waals surface area contributed by atoms with Gasteiger partial charge in [-0.3, -0.25) is 4.72 Å². The molecule has 0 aliphatic carbocycles. The quantitative estimate of drug-likeness (QED) is 0.762. The lowest BCUT2D eigenvalue weighted by atomic mass is 10.1. The molecule has 0 fully saturated rings. The highest BCUT2D eigenvalue weighted by molar-refractivity contribution is 7.92. The fraction of sp³-hybridized carbons (Fsp3) is 0.0588. The number of halogens is 1. The van der Waals surface area contributed by atoms with Crippen LogP contribution in [0.2, 0.25) is 5.02 Å². The lowest BCUT2D eigenvalue weighted by molar-refractivity contribution is 0.601. The molecule has 0 saturated carbocycles. The molecule has 0 aliphatic rings. The molecule has 1 N–H and O–H groups in total. The summed E-state index contributed by atoms with van der Waals surface area (Å²) >= 11 is 5.95. The summed E-state index contributed by atoms with van der Waals surface area (Å²) in [6.07, 6.45) is 0. The fourth-order valence-electron chi connectivity index (χ4n) is 2.21. The molecule has 112 valence electrons. The van der Waals surface area contributed by atoms with Gasteiger partial charge in [-0.25, -0.2) is 8.42 Å². The Morgan fingerprint density at radius 3 is 2.23 bits per heavy atom. The van der Waals surface area contributed by atoms with E-state index in [-0.39, 0.29) is 4.90 Å². The topological polar surface area (TPSA) is 46.2 Å². The van der Waals surface area contributed by atoms with Crippen LogP contribution < -0.4 is 4.72 Å². The molecule has 0 radical (unpaired) electrons. The van der Waals surface area contributed by atoms with Crippen molar-refractivity contribution in [2.45, 2.75) is 11.8 Å². The maximum absolute atomic E-state index is 12.4. The molecule has 0 bridgehead atoms. The third-order valence-corrected chi connectivity index (χ3v) is 5.02. The molecule has 0 aliphatic heterocycles. The monoisotopic (exact) mass is 331 g/mol. The third kappa shape index (κ3) is 3.08. The van der Waals surface area contributed by atoms with Gasteiger partial charge in [0.15, 0.2) is 0 Å². The Bertz CT molecular complexity index is 935. The second-order valence-electron chi connectivity index (χ2n) is 5.12. The van der Waals surface area contributed by atoms with Crippen LogP contribution in [-0.2, 0) is 10.0 Å². The molecular formula is C17H14ClNO2S. The molecule has 0 unspecified atom stereocenters. The summed E-state index contributed by atoms with van der Waals surface area (Å²) in [7, 11) is -3.58. The van der Waals surface area contributed by atoms with Crippen molar-refractivity contribution in [3.8, 4) is 0 Å². The predicted molar refractivity (Wildman–Crippen MR) is 90.9 cm³/mol. The average Bonchev–Trinajstić information content (AvgIpc) is 2.47. The van der Waals surface area contributed by atoms with Crippen LogP contribution in [0.25, 0.3) is 10.8 Å². The van der Waals surface area contributed by atoms with Crippen molar-refractivity contribution in [2.24, 2.45) is 0 Å². The van der Waals surface area contributed by atoms with Crippen molar-refractivity contribution < 1.29 is 8.42 Å². The molecule has 0 amide bonds. The van der Waals surface area contributed by atoms with E-state index in [4.69, 9.17) is 11.6 Å². The summed E-state index contributed by atoms with van der Waals surface area (Å²) in [5, 5.41) is 2.54. The van der Waals surface area contributed by atoms with E-state index in [0.29, 0.717) is 10.7 Å². The molecular weight excluding hydrogens is 318 g/mol. The Hall–Kier alpha value is -2.04. The Morgan fingerprint density at radius 1 is 0.864 bits per heavy atom. The van der Waals surface area contributed by atoms with Crippen molar-refractivity contribution in [1.29, 1.82) is 0 Å². The van der Waals surface area contributed by atoms with Gasteiger partial charge < -0.3 is 0 Å². The highest BCUT2D eigenvalue weighted by Crippen LogP contribution is 2.24. The summed E-state index contributed by atoms with van der Waals surface area (Å²) in [5.74, 6) is 0. The van der Waals surface area contributed by atoms with Gasteiger partial charge in [0.05, 0.1) is 4.90 Å². The standard InChI is InChI=1S/C17H14ClNO2S/c1-12-2-8-17(9-3-12)22(20,21)19-16-7-5-13-10-15(18)6-4-14(13)11-16/h2-11,19H,1H3. The zero-order chi connectivity index (χ0) is 15.7. The van der Waals surface area contributed by atoms with Gasteiger partial charge in [0.1, 0.15) is 0 Å². The smallest absolute Gasteiger partial charge is 0.261 e. The molecule has 22 heavy (non-hydrogen) atoms. The molecule has 3 aromatic carbocycles. The molecule has 0 spiro atoms. The summed E-state index contributed by atoms with van der Waals surface area (Å²) in [6, 6.07) is 17.6. The highest BCUT2D eigenvalue weighted by Gasteiger charge is 2.13. The summed E-state index contributed by atoms with van der Waals surface area (Å²) in [4.78, 5) is 0.245. The van der Waals surface area contributed by atoms with E-state index in [2.05, 4.69) is 4.72 Å². The van der Waals surface area contributed by atoms with E-state index < -0.39 is 10.0 Å². The van der Waals surface area contributed by atoms with E-state index in [9.17, 15) is 8.42 Å². The van der Waals surface area contributed by atoms with Gasteiger partial charge in [-0.15, -0.1) is 0 Å². The number of sulfonamides is 1. The first-order valence-electron chi connectivity index (χ1n) is 6.73. The number of hydrogen-bond acceptors (Lipinski definition) is 2. The summed E-state index contributed by atoms with van der Waals surface area (Å²) in [5.41, 5.74) is 1.54. The van der Waals surface area contributed by atoms with Gasteiger partial charge in [-0.1, -0.05) is 41.4 Å². The van der Waals surface area contributed by atoms with Gasteiger partial charge >= 0.3 is 0 Å². The van der Waals surface area contributed by atoms with Crippen LogP contribution in [0, 0.1) is 6.92 Å². The van der Waals surface area contributed by atoms with Crippen LogP contribution in [-0.4, -0.2) is 8.42 Å². The number of hydrogen-bond donors (Lipinski definition) is 1. The molecule has 3 nitrogen and oxygen atoms in total. The minimum atomic E-state index is -3.58. The number of fused-ring (bicyclic) bond motifs is 1. The Kier molecular flexibility index (Phi) is 3.81. The molecule has 0 heterocycles. The van der Waals surface area contributed by atoms with Crippen molar-refractivity contribution >= 4 is 38.1 Å². The van der Waals surface area contributed by atoms with Crippen LogP contribution >= 0.6 is 11.6 Å². The number of benzene rings is 3. The van der Waals surface area contributed by atoms with Crippen molar-refractivity contribution in [1.82, 2.24) is 0 Å². The molecule has 0 saturated heterocycles. The van der Waals surface area contributed by atoms with Crippen molar-refractivity contribution in [3.63, 3.8) is 0 Å². The first-order chi connectivity index (χ1) is 10.4. The van der Waals surface area contributed by atoms with Gasteiger partial charge in [-0.2, -0.15) is 0 Å². The Morgan fingerprint density at radius 2 is 1.50 bits per heavy atom. The molecule has 5 heteroatoms. The zero-order valence-corrected chi connectivity index (χ0v) is 13.4. The van der Waals surface area contributed by atoms with Crippen molar-refractivity contribution in [3.05, 3.63) is 71.2 Å². The average molecular weight is 332 g/mol.